The Kier molecular flexibility index (Phi) is 5.48. The second kappa shape index (κ2) is 7.97. The Bertz CT molecular complexity index is 717. The fraction of sp³-hybridized carbons (Fsp3) is 0.250. The fourth-order valence-electron chi connectivity index (χ4n) is 3.52. The van der Waals surface area contributed by atoms with Crippen LogP contribution in [0, 0.1) is 13.8 Å². The van der Waals surface area contributed by atoms with E-state index in [2.05, 4.69) is 92.7 Å². The van der Waals surface area contributed by atoms with E-state index in [1.807, 2.05) is 0 Å². The Labute approximate surface area is 146 Å². The van der Waals surface area contributed by atoms with Crippen molar-refractivity contribution in [1.82, 2.24) is 0 Å². The molecule has 122 valence electrons. The van der Waals surface area contributed by atoms with Crippen LogP contribution in [0.1, 0.15) is 46.6 Å². The van der Waals surface area contributed by atoms with Gasteiger partial charge in [-0.2, -0.15) is 0 Å². The van der Waals surface area contributed by atoms with Gasteiger partial charge < -0.3 is 0 Å². The first kappa shape index (κ1) is 16.5. The number of hydrogen-bond donors (Lipinski definition) is 0. The van der Waals surface area contributed by atoms with Crippen molar-refractivity contribution in [1.29, 1.82) is 0 Å². The molecule has 0 heterocycles. The van der Waals surface area contributed by atoms with Crippen molar-refractivity contribution in [2.24, 2.45) is 0 Å². The standard InChI is InChI=1S/C24H26/c1-19-16-17-21(20(2)18-19)14-9-15-24(22-10-5-3-6-11-22)23-12-7-4-8-13-23/h3-8,10-13,16-18,24H,9,14-15H2,1-2H3. The first-order valence-corrected chi connectivity index (χ1v) is 8.90. The van der Waals surface area contributed by atoms with Gasteiger partial charge in [-0.15, -0.1) is 0 Å². The highest BCUT2D eigenvalue weighted by molar-refractivity contribution is 5.33. The summed E-state index contributed by atoms with van der Waals surface area (Å²) in [5.41, 5.74) is 7.10. The third kappa shape index (κ3) is 4.14. The van der Waals surface area contributed by atoms with E-state index in [1.54, 1.807) is 0 Å². The molecular formula is C24H26. The van der Waals surface area contributed by atoms with E-state index in [9.17, 15) is 0 Å². The molecule has 24 heavy (non-hydrogen) atoms. The van der Waals surface area contributed by atoms with Crippen molar-refractivity contribution in [3.63, 3.8) is 0 Å². The molecule has 0 saturated heterocycles. The number of aryl methyl sites for hydroxylation is 3. The molecule has 0 amide bonds. The Hall–Kier alpha value is -2.34. The van der Waals surface area contributed by atoms with Crippen LogP contribution in [0.5, 0.6) is 0 Å². The van der Waals surface area contributed by atoms with Gasteiger partial charge in [-0.1, -0.05) is 84.4 Å². The lowest BCUT2D eigenvalue weighted by Crippen LogP contribution is -2.02. The summed E-state index contributed by atoms with van der Waals surface area (Å²) in [7, 11) is 0. The van der Waals surface area contributed by atoms with Crippen molar-refractivity contribution in [3.05, 3.63) is 107 Å². The molecule has 0 radical (unpaired) electrons. The zero-order valence-electron chi connectivity index (χ0n) is 14.7. The molecule has 0 fully saturated rings. The molecule has 0 N–H and O–H groups in total. The Morgan fingerprint density at radius 2 is 1.29 bits per heavy atom. The summed E-state index contributed by atoms with van der Waals surface area (Å²) in [6, 6.07) is 28.6. The van der Waals surface area contributed by atoms with Crippen LogP contribution in [0.25, 0.3) is 0 Å². The van der Waals surface area contributed by atoms with Crippen molar-refractivity contribution in [2.75, 3.05) is 0 Å². The molecule has 3 rings (SSSR count). The first-order chi connectivity index (χ1) is 11.7. The van der Waals surface area contributed by atoms with Crippen LogP contribution >= 0.6 is 0 Å². The van der Waals surface area contributed by atoms with Gasteiger partial charge in [0.25, 0.3) is 0 Å². The average molecular weight is 314 g/mol. The van der Waals surface area contributed by atoms with Crippen LogP contribution in [0.3, 0.4) is 0 Å². The van der Waals surface area contributed by atoms with E-state index in [-0.39, 0.29) is 0 Å². The number of hydrogen-bond acceptors (Lipinski definition) is 0. The minimum absolute atomic E-state index is 0.484. The van der Waals surface area contributed by atoms with Crippen LogP contribution in [-0.4, -0.2) is 0 Å². The molecule has 0 aliphatic carbocycles. The molecule has 0 nitrogen and oxygen atoms in total. The molecule has 0 atom stereocenters. The van der Waals surface area contributed by atoms with Gasteiger partial charge in [0.2, 0.25) is 0 Å². The summed E-state index contributed by atoms with van der Waals surface area (Å²) in [5.74, 6) is 0.484. The molecule has 3 aromatic rings. The zero-order chi connectivity index (χ0) is 16.8. The van der Waals surface area contributed by atoms with E-state index in [1.165, 1.54) is 40.7 Å². The molecule has 3 aromatic carbocycles. The van der Waals surface area contributed by atoms with Crippen LogP contribution in [0.4, 0.5) is 0 Å². The van der Waals surface area contributed by atoms with Crippen LogP contribution in [-0.2, 0) is 6.42 Å². The SMILES string of the molecule is Cc1ccc(CCCC(c2ccccc2)c2ccccc2)c(C)c1. The van der Waals surface area contributed by atoms with Crippen molar-refractivity contribution >= 4 is 0 Å². The quantitative estimate of drug-likeness (QED) is 0.490. The number of rotatable bonds is 6. The molecule has 0 aromatic heterocycles. The van der Waals surface area contributed by atoms with Gasteiger partial charge in [-0.3, -0.25) is 0 Å². The summed E-state index contributed by atoms with van der Waals surface area (Å²) in [6.07, 6.45) is 3.54. The second-order valence-corrected chi connectivity index (χ2v) is 6.70. The highest BCUT2D eigenvalue weighted by Gasteiger charge is 2.13. The summed E-state index contributed by atoms with van der Waals surface area (Å²) in [4.78, 5) is 0. The molecule has 0 aliphatic heterocycles. The largest absolute Gasteiger partial charge is 0.0622 e. The third-order valence-electron chi connectivity index (χ3n) is 4.84. The third-order valence-corrected chi connectivity index (χ3v) is 4.84. The minimum Gasteiger partial charge on any atom is -0.0622 e. The van der Waals surface area contributed by atoms with Crippen LogP contribution < -0.4 is 0 Å². The Morgan fingerprint density at radius 1 is 0.708 bits per heavy atom. The van der Waals surface area contributed by atoms with Crippen LogP contribution in [0.15, 0.2) is 78.9 Å². The summed E-state index contributed by atoms with van der Waals surface area (Å²) >= 11 is 0. The van der Waals surface area contributed by atoms with E-state index in [0.717, 1.165) is 6.42 Å². The van der Waals surface area contributed by atoms with Gasteiger partial charge >= 0.3 is 0 Å². The molecule has 0 bridgehead atoms. The van der Waals surface area contributed by atoms with Crippen molar-refractivity contribution < 1.29 is 0 Å². The maximum absolute atomic E-state index is 2.30. The van der Waals surface area contributed by atoms with Gasteiger partial charge in [-0.25, -0.2) is 0 Å². The summed E-state index contributed by atoms with van der Waals surface area (Å²) < 4.78 is 0. The molecule has 0 heteroatoms. The van der Waals surface area contributed by atoms with E-state index >= 15 is 0 Å². The van der Waals surface area contributed by atoms with Gasteiger partial charge in [0.1, 0.15) is 0 Å². The second-order valence-electron chi connectivity index (χ2n) is 6.70. The smallest absolute Gasteiger partial charge is 0.00894 e. The molecule has 0 saturated carbocycles. The molecule has 0 spiro atoms. The van der Waals surface area contributed by atoms with Crippen LogP contribution in [0.2, 0.25) is 0 Å². The molecular weight excluding hydrogens is 288 g/mol. The first-order valence-electron chi connectivity index (χ1n) is 8.90. The minimum atomic E-state index is 0.484. The predicted octanol–water partition coefficient (Wildman–Crippen LogP) is 6.46. The van der Waals surface area contributed by atoms with E-state index in [4.69, 9.17) is 0 Å². The Morgan fingerprint density at radius 3 is 1.83 bits per heavy atom. The summed E-state index contributed by atoms with van der Waals surface area (Å²) in [5, 5.41) is 0. The lowest BCUT2D eigenvalue weighted by Gasteiger charge is -2.18. The predicted molar refractivity (Wildman–Crippen MR) is 104 cm³/mol. The fourth-order valence-corrected chi connectivity index (χ4v) is 3.52. The summed E-state index contributed by atoms with van der Waals surface area (Å²) in [6.45, 7) is 4.39. The molecule has 0 unspecified atom stereocenters. The number of benzene rings is 3. The zero-order valence-corrected chi connectivity index (χ0v) is 14.7. The average Bonchev–Trinajstić information content (AvgIpc) is 2.62. The highest BCUT2D eigenvalue weighted by Crippen LogP contribution is 2.30. The topological polar surface area (TPSA) is 0 Å². The maximum Gasteiger partial charge on any atom is 0.00894 e. The van der Waals surface area contributed by atoms with E-state index < -0.39 is 0 Å². The maximum atomic E-state index is 2.30. The normalized spacial score (nSPS) is 11.0. The van der Waals surface area contributed by atoms with E-state index in [0.29, 0.717) is 5.92 Å². The Balaban J connectivity index is 1.73. The van der Waals surface area contributed by atoms with Gasteiger partial charge in [0.05, 0.1) is 0 Å². The lowest BCUT2D eigenvalue weighted by molar-refractivity contribution is 0.660. The van der Waals surface area contributed by atoms with Gasteiger partial charge in [-0.05, 0) is 55.4 Å². The lowest BCUT2D eigenvalue weighted by atomic mass is 9.86. The van der Waals surface area contributed by atoms with Gasteiger partial charge in [0, 0.05) is 5.92 Å². The van der Waals surface area contributed by atoms with Gasteiger partial charge in [0.15, 0.2) is 0 Å². The monoisotopic (exact) mass is 314 g/mol. The highest BCUT2D eigenvalue weighted by atomic mass is 14.2. The molecule has 0 aliphatic rings. The van der Waals surface area contributed by atoms with Crippen molar-refractivity contribution in [3.8, 4) is 0 Å². The van der Waals surface area contributed by atoms with Crippen molar-refractivity contribution in [2.45, 2.75) is 39.0 Å².